The van der Waals surface area contributed by atoms with Crippen LogP contribution in [0.5, 0.6) is 0 Å². The number of amides is 2. The van der Waals surface area contributed by atoms with E-state index in [9.17, 15) is 9.59 Å². The molecule has 1 aliphatic carbocycles. The van der Waals surface area contributed by atoms with E-state index in [4.69, 9.17) is 0 Å². The third-order valence-electron chi connectivity index (χ3n) is 6.10. The van der Waals surface area contributed by atoms with Crippen LogP contribution in [0.15, 0.2) is 6.07 Å². The molecule has 0 radical (unpaired) electrons. The molecule has 2 aliphatic rings. The first kappa shape index (κ1) is 20.4. The molecule has 1 aromatic rings. The molecular formula is C22H34N2O2S. The van der Waals surface area contributed by atoms with E-state index in [1.54, 1.807) is 11.3 Å². The number of hydrogen-bond acceptors (Lipinski definition) is 3. The van der Waals surface area contributed by atoms with Crippen molar-refractivity contribution in [2.24, 2.45) is 17.3 Å². The number of thiophene rings is 1. The highest BCUT2D eigenvalue weighted by Gasteiger charge is 2.32. The third-order valence-corrected chi connectivity index (χ3v) is 7.33. The smallest absolute Gasteiger partial charge is 0.263 e. The van der Waals surface area contributed by atoms with E-state index in [0.29, 0.717) is 24.4 Å². The minimum absolute atomic E-state index is 0.0422. The average Bonchev–Trinajstić information content (AvgIpc) is 3.03. The Kier molecular flexibility index (Phi) is 5.99. The molecule has 3 rings (SSSR count). The fraction of sp³-hybridized carbons (Fsp3) is 0.727. The van der Waals surface area contributed by atoms with Crippen LogP contribution in [0.3, 0.4) is 0 Å². The van der Waals surface area contributed by atoms with Gasteiger partial charge in [0.25, 0.3) is 5.91 Å². The second-order valence-electron chi connectivity index (χ2n) is 9.59. The van der Waals surface area contributed by atoms with Gasteiger partial charge in [0.05, 0.1) is 4.88 Å². The van der Waals surface area contributed by atoms with Crippen molar-refractivity contribution in [2.75, 3.05) is 13.1 Å². The molecule has 0 spiro atoms. The number of aryl methyl sites for hydroxylation is 1. The Morgan fingerprint density at radius 3 is 2.44 bits per heavy atom. The van der Waals surface area contributed by atoms with Gasteiger partial charge >= 0.3 is 0 Å². The van der Waals surface area contributed by atoms with Crippen molar-refractivity contribution < 1.29 is 9.59 Å². The lowest BCUT2D eigenvalue weighted by atomic mass is 9.72. The van der Waals surface area contributed by atoms with Gasteiger partial charge < -0.3 is 10.2 Å². The highest BCUT2D eigenvalue weighted by Crippen LogP contribution is 2.40. The maximum Gasteiger partial charge on any atom is 0.263 e. The summed E-state index contributed by atoms with van der Waals surface area (Å²) >= 11 is 1.69. The van der Waals surface area contributed by atoms with Gasteiger partial charge in [-0.05, 0) is 68.9 Å². The Morgan fingerprint density at radius 1 is 1.19 bits per heavy atom. The van der Waals surface area contributed by atoms with E-state index < -0.39 is 0 Å². The quantitative estimate of drug-likeness (QED) is 0.838. The van der Waals surface area contributed by atoms with Crippen LogP contribution in [-0.4, -0.2) is 35.8 Å². The van der Waals surface area contributed by atoms with Crippen LogP contribution in [-0.2, 0) is 17.6 Å². The van der Waals surface area contributed by atoms with Gasteiger partial charge in [-0.15, -0.1) is 11.3 Å². The Bertz CT molecular complexity index is 694. The highest BCUT2D eigenvalue weighted by molar-refractivity contribution is 7.14. The molecule has 150 valence electrons. The number of hydrogen-bond donors (Lipinski definition) is 1. The normalized spacial score (nSPS) is 21.3. The van der Waals surface area contributed by atoms with E-state index in [0.717, 1.165) is 30.6 Å². The predicted molar refractivity (Wildman–Crippen MR) is 111 cm³/mol. The van der Waals surface area contributed by atoms with E-state index in [1.165, 1.54) is 16.9 Å². The minimum Gasteiger partial charge on any atom is -0.354 e. The van der Waals surface area contributed by atoms with Crippen molar-refractivity contribution in [1.82, 2.24) is 10.2 Å². The van der Waals surface area contributed by atoms with Crippen LogP contribution in [0.4, 0.5) is 0 Å². The largest absolute Gasteiger partial charge is 0.354 e. The maximum atomic E-state index is 13.0. The van der Waals surface area contributed by atoms with E-state index in [2.05, 4.69) is 32.2 Å². The monoisotopic (exact) mass is 390 g/mol. The molecule has 27 heavy (non-hydrogen) atoms. The predicted octanol–water partition coefficient (Wildman–Crippen LogP) is 4.28. The summed E-state index contributed by atoms with van der Waals surface area (Å²) in [7, 11) is 0. The SMILES string of the molecule is CC(C)NC(=O)C1CCN(C(=O)c2cc3c(s2)CCC(C(C)(C)C)C3)CC1. The molecule has 1 aromatic heterocycles. The Balaban J connectivity index is 1.60. The zero-order valence-corrected chi connectivity index (χ0v) is 18.2. The average molecular weight is 391 g/mol. The number of piperidine rings is 1. The lowest BCUT2D eigenvalue weighted by Gasteiger charge is -2.33. The maximum absolute atomic E-state index is 13.0. The van der Waals surface area contributed by atoms with Crippen LogP contribution in [0.25, 0.3) is 0 Å². The van der Waals surface area contributed by atoms with Crippen molar-refractivity contribution in [3.8, 4) is 0 Å². The number of carbonyl (C=O) groups excluding carboxylic acids is 2. The second-order valence-corrected chi connectivity index (χ2v) is 10.7. The summed E-state index contributed by atoms with van der Waals surface area (Å²) in [6.07, 6.45) is 4.96. The van der Waals surface area contributed by atoms with Gasteiger partial charge in [0.2, 0.25) is 5.91 Å². The van der Waals surface area contributed by atoms with Crippen molar-refractivity contribution in [2.45, 2.75) is 72.8 Å². The van der Waals surface area contributed by atoms with Gasteiger partial charge in [0, 0.05) is 29.9 Å². The van der Waals surface area contributed by atoms with Crippen molar-refractivity contribution in [1.29, 1.82) is 0 Å². The molecule has 1 aliphatic heterocycles. The summed E-state index contributed by atoms with van der Waals surface area (Å²) in [5.41, 5.74) is 1.71. The fourth-order valence-electron chi connectivity index (χ4n) is 4.27. The Morgan fingerprint density at radius 2 is 1.85 bits per heavy atom. The molecule has 1 fully saturated rings. The van der Waals surface area contributed by atoms with Gasteiger partial charge in [-0.2, -0.15) is 0 Å². The van der Waals surface area contributed by atoms with E-state index in [1.807, 2.05) is 18.7 Å². The summed E-state index contributed by atoms with van der Waals surface area (Å²) in [5.74, 6) is 1.03. The molecule has 1 atom stereocenters. The van der Waals surface area contributed by atoms with Crippen molar-refractivity contribution >= 4 is 23.2 Å². The van der Waals surface area contributed by atoms with Crippen LogP contribution >= 0.6 is 11.3 Å². The highest BCUT2D eigenvalue weighted by atomic mass is 32.1. The van der Waals surface area contributed by atoms with Gasteiger partial charge in [0.1, 0.15) is 0 Å². The van der Waals surface area contributed by atoms with E-state index in [-0.39, 0.29) is 23.8 Å². The molecule has 4 nitrogen and oxygen atoms in total. The molecule has 2 amide bonds. The summed E-state index contributed by atoms with van der Waals surface area (Å²) in [5, 5.41) is 3.00. The Hall–Kier alpha value is -1.36. The lowest BCUT2D eigenvalue weighted by Crippen LogP contribution is -2.44. The summed E-state index contributed by atoms with van der Waals surface area (Å²) in [6, 6.07) is 2.32. The number of likely N-dealkylation sites (tertiary alicyclic amines) is 1. The van der Waals surface area contributed by atoms with Crippen molar-refractivity contribution in [3.05, 3.63) is 21.4 Å². The zero-order chi connectivity index (χ0) is 19.8. The molecule has 1 N–H and O–H groups in total. The van der Waals surface area contributed by atoms with Crippen LogP contribution in [0, 0.1) is 17.3 Å². The van der Waals surface area contributed by atoms with Gasteiger partial charge in [0.15, 0.2) is 0 Å². The molecule has 0 aromatic carbocycles. The number of rotatable bonds is 3. The summed E-state index contributed by atoms with van der Waals surface area (Å²) < 4.78 is 0. The number of nitrogens with zero attached hydrogens (tertiary/aromatic N) is 1. The Labute approximate surface area is 167 Å². The first-order valence-corrected chi connectivity index (χ1v) is 11.2. The van der Waals surface area contributed by atoms with Gasteiger partial charge in [-0.25, -0.2) is 0 Å². The summed E-state index contributed by atoms with van der Waals surface area (Å²) in [6.45, 7) is 12.3. The molecule has 2 heterocycles. The fourth-order valence-corrected chi connectivity index (χ4v) is 5.45. The minimum atomic E-state index is 0.0422. The number of fused-ring (bicyclic) bond motifs is 1. The molecule has 0 bridgehead atoms. The molecule has 1 unspecified atom stereocenters. The number of carbonyl (C=O) groups is 2. The second kappa shape index (κ2) is 7.94. The molecule has 1 saturated heterocycles. The van der Waals surface area contributed by atoms with Gasteiger partial charge in [-0.3, -0.25) is 9.59 Å². The molecular weight excluding hydrogens is 356 g/mol. The van der Waals surface area contributed by atoms with Crippen LogP contribution < -0.4 is 5.32 Å². The molecule has 0 saturated carbocycles. The first-order valence-electron chi connectivity index (χ1n) is 10.4. The first-order chi connectivity index (χ1) is 12.6. The number of nitrogens with one attached hydrogen (secondary N) is 1. The lowest BCUT2D eigenvalue weighted by molar-refractivity contribution is -0.126. The van der Waals surface area contributed by atoms with Gasteiger partial charge in [-0.1, -0.05) is 20.8 Å². The standard InChI is InChI=1S/C22H34N2O2S/c1-14(2)23-20(25)15-8-10-24(11-9-15)21(26)19-13-16-12-17(22(3,4)5)6-7-18(16)27-19/h13-15,17H,6-12H2,1-5H3,(H,23,25). The summed E-state index contributed by atoms with van der Waals surface area (Å²) in [4.78, 5) is 29.4. The zero-order valence-electron chi connectivity index (χ0n) is 17.4. The topological polar surface area (TPSA) is 49.4 Å². The van der Waals surface area contributed by atoms with Crippen LogP contribution in [0.1, 0.15) is 74.0 Å². The molecule has 5 heteroatoms. The third kappa shape index (κ3) is 4.74. The van der Waals surface area contributed by atoms with Crippen molar-refractivity contribution in [3.63, 3.8) is 0 Å². The van der Waals surface area contributed by atoms with Crippen LogP contribution in [0.2, 0.25) is 0 Å². The van der Waals surface area contributed by atoms with E-state index >= 15 is 0 Å².